The number of nitrogens with zero attached hydrogens (tertiary/aromatic N) is 1. The minimum atomic E-state index is -1.17. The molecule has 1 heterocycles. The lowest BCUT2D eigenvalue weighted by Crippen LogP contribution is -2.33. The fraction of sp³-hybridized carbons (Fsp3) is 0.300. The number of likely N-dealkylation sites (N-methyl/N-ethyl adjacent to an activating group) is 1. The van der Waals surface area contributed by atoms with Crippen molar-refractivity contribution >= 4 is 17.5 Å². The lowest BCUT2D eigenvalue weighted by atomic mass is 9.87. The van der Waals surface area contributed by atoms with Gasteiger partial charge in [0.1, 0.15) is 17.4 Å². The predicted octanol–water partition coefficient (Wildman–Crippen LogP) is 2.79. The van der Waals surface area contributed by atoms with Crippen LogP contribution in [0.3, 0.4) is 0 Å². The highest BCUT2D eigenvalue weighted by atomic mass is 19.2. The smallest absolute Gasteiger partial charge is 0.237 e. The van der Waals surface area contributed by atoms with E-state index >= 15 is 0 Å². The SMILES string of the molecule is COc1ccc([C@H]2CN(C)C(=O)[C@@H]2C(=O)Nc2cccc(F)c2F)c(OC)c1. The van der Waals surface area contributed by atoms with Gasteiger partial charge in [0.2, 0.25) is 11.8 Å². The van der Waals surface area contributed by atoms with E-state index < -0.39 is 35.3 Å². The summed E-state index contributed by atoms with van der Waals surface area (Å²) in [5.74, 6) is -3.94. The average molecular weight is 390 g/mol. The van der Waals surface area contributed by atoms with E-state index in [9.17, 15) is 18.4 Å². The summed E-state index contributed by atoms with van der Waals surface area (Å²) in [6.45, 7) is 0.283. The average Bonchev–Trinajstić information content (AvgIpc) is 2.99. The highest BCUT2D eigenvalue weighted by Crippen LogP contribution is 2.40. The van der Waals surface area contributed by atoms with Crippen molar-refractivity contribution in [2.75, 3.05) is 33.1 Å². The van der Waals surface area contributed by atoms with Gasteiger partial charge < -0.3 is 19.7 Å². The van der Waals surface area contributed by atoms with Crippen LogP contribution in [0.1, 0.15) is 11.5 Å². The van der Waals surface area contributed by atoms with Gasteiger partial charge in [0, 0.05) is 31.1 Å². The van der Waals surface area contributed by atoms with Gasteiger partial charge in [-0.1, -0.05) is 12.1 Å². The van der Waals surface area contributed by atoms with E-state index in [0.717, 1.165) is 6.07 Å². The molecule has 148 valence electrons. The summed E-state index contributed by atoms with van der Waals surface area (Å²) in [5, 5.41) is 2.34. The number of rotatable bonds is 5. The quantitative estimate of drug-likeness (QED) is 0.798. The summed E-state index contributed by atoms with van der Waals surface area (Å²) in [6.07, 6.45) is 0. The fourth-order valence-corrected chi connectivity index (χ4v) is 3.41. The van der Waals surface area contributed by atoms with Crippen molar-refractivity contribution < 1.29 is 27.8 Å². The van der Waals surface area contributed by atoms with Gasteiger partial charge in [-0.25, -0.2) is 8.78 Å². The number of likely N-dealkylation sites (tertiary alicyclic amines) is 1. The van der Waals surface area contributed by atoms with Gasteiger partial charge in [0.05, 0.1) is 19.9 Å². The van der Waals surface area contributed by atoms with Gasteiger partial charge in [-0.3, -0.25) is 9.59 Å². The number of carbonyl (C=O) groups is 2. The third-order valence-corrected chi connectivity index (χ3v) is 4.85. The molecule has 28 heavy (non-hydrogen) atoms. The first-order valence-electron chi connectivity index (χ1n) is 8.59. The van der Waals surface area contributed by atoms with Crippen LogP contribution in [0.4, 0.5) is 14.5 Å². The molecule has 0 aliphatic carbocycles. The number of methoxy groups -OCH3 is 2. The lowest BCUT2D eigenvalue weighted by molar-refractivity contribution is -0.135. The Balaban J connectivity index is 1.95. The predicted molar refractivity (Wildman–Crippen MR) is 98.4 cm³/mol. The van der Waals surface area contributed by atoms with Crippen LogP contribution < -0.4 is 14.8 Å². The maximum atomic E-state index is 13.9. The first kappa shape index (κ1) is 19.6. The van der Waals surface area contributed by atoms with Gasteiger partial charge >= 0.3 is 0 Å². The molecule has 0 spiro atoms. The molecule has 3 rings (SSSR count). The van der Waals surface area contributed by atoms with Crippen LogP contribution in [0.25, 0.3) is 0 Å². The molecule has 0 aromatic heterocycles. The second kappa shape index (κ2) is 7.84. The second-order valence-corrected chi connectivity index (χ2v) is 6.50. The van der Waals surface area contributed by atoms with Crippen LogP contribution in [0.2, 0.25) is 0 Å². The van der Waals surface area contributed by atoms with Crippen molar-refractivity contribution in [2.45, 2.75) is 5.92 Å². The third-order valence-electron chi connectivity index (χ3n) is 4.85. The Morgan fingerprint density at radius 3 is 2.61 bits per heavy atom. The normalized spacial score (nSPS) is 18.9. The van der Waals surface area contributed by atoms with Crippen molar-refractivity contribution in [3.05, 3.63) is 53.6 Å². The first-order valence-corrected chi connectivity index (χ1v) is 8.59. The number of amides is 2. The van der Waals surface area contributed by atoms with Crippen molar-refractivity contribution in [1.82, 2.24) is 4.90 Å². The zero-order valence-corrected chi connectivity index (χ0v) is 15.7. The third kappa shape index (κ3) is 3.49. The summed E-state index contributed by atoms with van der Waals surface area (Å²) >= 11 is 0. The summed E-state index contributed by atoms with van der Waals surface area (Å²) < 4.78 is 37.9. The van der Waals surface area contributed by atoms with Crippen LogP contribution in [0.15, 0.2) is 36.4 Å². The van der Waals surface area contributed by atoms with Gasteiger partial charge in [-0.15, -0.1) is 0 Å². The highest BCUT2D eigenvalue weighted by Gasteiger charge is 2.45. The molecule has 2 aromatic rings. The molecule has 2 amide bonds. The molecular weight excluding hydrogens is 370 g/mol. The summed E-state index contributed by atoms with van der Waals surface area (Å²) in [5.41, 5.74) is 0.341. The number of benzene rings is 2. The molecule has 0 unspecified atom stereocenters. The molecule has 8 heteroatoms. The Kier molecular flexibility index (Phi) is 5.48. The van der Waals surface area contributed by atoms with E-state index in [4.69, 9.17) is 9.47 Å². The minimum absolute atomic E-state index is 0.283. The zero-order chi connectivity index (χ0) is 20.4. The van der Waals surface area contributed by atoms with E-state index in [1.807, 2.05) is 0 Å². The Bertz CT molecular complexity index is 919. The monoisotopic (exact) mass is 390 g/mol. The second-order valence-electron chi connectivity index (χ2n) is 6.50. The molecule has 1 aliphatic heterocycles. The van der Waals surface area contributed by atoms with Crippen molar-refractivity contribution in [3.8, 4) is 11.5 Å². The number of carbonyl (C=O) groups excluding carboxylic acids is 2. The number of ether oxygens (including phenoxy) is 2. The minimum Gasteiger partial charge on any atom is -0.497 e. The van der Waals surface area contributed by atoms with Gasteiger partial charge in [0.25, 0.3) is 0 Å². The van der Waals surface area contributed by atoms with Crippen LogP contribution in [-0.2, 0) is 9.59 Å². The number of nitrogens with one attached hydrogen (secondary N) is 1. The number of hydrogen-bond donors (Lipinski definition) is 1. The number of anilines is 1. The molecule has 6 nitrogen and oxygen atoms in total. The first-order chi connectivity index (χ1) is 13.4. The molecule has 1 N–H and O–H groups in total. The number of halogens is 2. The molecule has 1 saturated heterocycles. The fourth-order valence-electron chi connectivity index (χ4n) is 3.41. The van der Waals surface area contributed by atoms with Crippen molar-refractivity contribution in [2.24, 2.45) is 5.92 Å². The summed E-state index contributed by atoms with van der Waals surface area (Å²) in [6, 6.07) is 8.58. The molecular formula is C20H20F2N2O4. The van der Waals surface area contributed by atoms with E-state index in [-0.39, 0.29) is 12.2 Å². The molecule has 1 fully saturated rings. The molecule has 2 atom stereocenters. The largest absolute Gasteiger partial charge is 0.497 e. The van der Waals surface area contributed by atoms with Gasteiger partial charge in [-0.2, -0.15) is 0 Å². The summed E-state index contributed by atoms with van der Waals surface area (Å²) in [7, 11) is 4.59. The Labute approximate surface area is 161 Å². The van der Waals surface area contributed by atoms with Crippen LogP contribution in [-0.4, -0.2) is 44.5 Å². The molecule has 1 aliphatic rings. The van der Waals surface area contributed by atoms with Gasteiger partial charge in [-0.05, 0) is 18.2 Å². The maximum absolute atomic E-state index is 13.9. The topological polar surface area (TPSA) is 67.9 Å². The van der Waals surface area contributed by atoms with Crippen LogP contribution >= 0.6 is 0 Å². The maximum Gasteiger partial charge on any atom is 0.237 e. The van der Waals surface area contributed by atoms with E-state index in [2.05, 4.69) is 5.32 Å². The van der Waals surface area contributed by atoms with Crippen LogP contribution in [0, 0.1) is 17.6 Å². The molecule has 2 aromatic carbocycles. The molecule has 0 bridgehead atoms. The van der Waals surface area contributed by atoms with Crippen molar-refractivity contribution in [3.63, 3.8) is 0 Å². The Morgan fingerprint density at radius 1 is 1.18 bits per heavy atom. The lowest BCUT2D eigenvalue weighted by Gasteiger charge is -2.20. The molecule has 0 saturated carbocycles. The zero-order valence-electron chi connectivity index (χ0n) is 15.7. The highest BCUT2D eigenvalue weighted by molar-refractivity contribution is 6.08. The van der Waals surface area contributed by atoms with Crippen LogP contribution in [0.5, 0.6) is 11.5 Å². The standard InChI is InChI=1S/C20H20F2N2O4/c1-24-10-13(12-8-7-11(27-2)9-16(12)28-3)17(20(24)26)19(25)23-15-6-4-5-14(21)18(15)22/h4-9,13,17H,10H2,1-3H3,(H,23,25)/t13-,17+/m1/s1. The van der Waals surface area contributed by atoms with Gasteiger partial charge in [0.15, 0.2) is 11.6 Å². The summed E-state index contributed by atoms with van der Waals surface area (Å²) in [4.78, 5) is 26.9. The number of hydrogen-bond acceptors (Lipinski definition) is 4. The Morgan fingerprint density at radius 2 is 1.93 bits per heavy atom. The Hall–Kier alpha value is -3.16. The van der Waals surface area contributed by atoms with E-state index in [0.29, 0.717) is 17.1 Å². The van der Waals surface area contributed by atoms with E-state index in [1.54, 1.807) is 25.2 Å². The van der Waals surface area contributed by atoms with Crippen molar-refractivity contribution in [1.29, 1.82) is 0 Å². The van der Waals surface area contributed by atoms with E-state index in [1.165, 1.54) is 31.3 Å². The molecule has 0 radical (unpaired) electrons.